The van der Waals surface area contributed by atoms with Crippen molar-refractivity contribution in [2.45, 2.75) is 45.6 Å². The van der Waals surface area contributed by atoms with Crippen LogP contribution in [0.4, 0.5) is 17.6 Å². The minimum atomic E-state index is -4.46. The number of carbonyl (C=O) groups excluding carboxylic acids is 2. The maximum Gasteiger partial charge on any atom is 0.416 e. The van der Waals surface area contributed by atoms with Gasteiger partial charge < -0.3 is 9.64 Å². The second-order valence-corrected chi connectivity index (χ2v) is 10.4. The van der Waals surface area contributed by atoms with Crippen LogP contribution >= 0.6 is 11.3 Å². The number of hydrogen-bond acceptors (Lipinski definition) is 6. The molecule has 1 fully saturated rings. The number of hydrogen-bond donors (Lipinski definition) is 0. The Kier molecular flexibility index (Phi) is 9.34. The SMILES string of the molecule is CCOC(=O)C1CCCN(C(=O)c2csc(CN(Cc3ccc(F)cc3)Cc3cccc(C(F)(F)F)c3)n2)C1. The summed E-state index contributed by atoms with van der Waals surface area (Å²) in [4.78, 5) is 33.3. The summed E-state index contributed by atoms with van der Waals surface area (Å²) in [6.45, 7) is 3.63. The van der Waals surface area contributed by atoms with Crippen LogP contribution in [0.1, 0.15) is 52.0 Å². The van der Waals surface area contributed by atoms with E-state index in [1.54, 1.807) is 35.4 Å². The zero-order valence-corrected chi connectivity index (χ0v) is 22.2. The maximum atomic E-state index is 13.4. The van der Waals surface area contributed by atoms with E-state index in [0.29, 0.717) is 36.5 Å². The van der Waals surface area contributed by atoms with Gasteiger partial charge in [0.2, 0.25) is 0 Å². The van der Waals surface area contributed by atoms with Gasteiger partial charge in [0.1, 0.15) is 16.5 Å². The third-order valence-electron chi connectivity index (χ3n) is 6.44. The largest absolute Gasteiger partial charge is 0.466 e. The number of ether oxygens (including phenoxy) is 1. The van der Waals surface area contributed by atoms with E-state index in [0.717, 1.165) is 17.7 Å². The molecule has 2 heterocycles. The summed E-state index contributed by atoms with van der Waals surface area (Å²) in [5, 5.41) is 2.28. The first kappa shape index (κ1) is 28.7. The summed E-state index contributed by atoms with van der Waals surface area (Å²) in [6, 6.07) is 11.1. The molecule has 1 atom stereocenters. The Morgan fingerprint density at radius 3 is 2.56 bits per heavy atom. The average Bonchev–Trinajstić information content (AvgIpc) is 3.38. The third-order valence-corrected chi connectivity index (χ3v) is 7.27. The van der Waals surface area contributed by atoms with E-state index < -0.39 is 11.7 Å². The van der Waals surface area contributed by atoms with Gasteiger partial charge in [-0.15, -0.1) is 11.3 Å². The molecule has 11 heteroatoms. The molecule has 4 rings (SSSR count). The topological polar surface area (TPSA) is 62.7 Å². The minimum Gasteiger partial charge on any atom is -0.466 e. The summed E-state index contributed by atoms with van der Waals surface area (Å²) in [5.41, 5.74) is 0.791. The molecule has 0 spiro atoms. The number of benzene rings is 2. The van der Waals surface area contributed by atoms with E-state index in [2.05, 4.69) is 4.98 Å². The molecule has 208 valence electrons. The number of rotatable bonds is 9. The lowest BCUT2D eigenvalue weighted by molar-refractivity contribution is -0.149. The van der Waals surface area contributed by atoms with Crippen LogP contribution in [0.3, 0.4) is 0 Å². The minimum absolute atomic E-state index is 0.192. The fourth-order valence-corrected chi connectivity index (χ4v) is 5.38. The smallest absolute Gasteiger partial charge is 0.416 e. The summed E-state index contributed by atoms with van der Waals surface area (Å²) in [6.07, 6.45) is -3.10. The average molecular weight is 564 g/mol. The van der Waals surface area contributed by atoms with Gasteiger partial charge in [0.15, 0.2) is 0 Å². The van der Waals surface area contributed by atoms with Crippen molar-refractivity contribution >= 4 is 23.2 Å². The molecule has 1 aliphatic rings. The van der Waals surface area contributed by atoms with Crippen molar-refractivity contribution in [3.8, 4) is 0 Å². The zero-order chi connectivity index (χ0) is 28.0. The van der Waals surface area contributed by atoms with Crippen LogP contribution < -0.4 is 0 Å². The van der Waals surface area contributed by atoms with Crippen LogP contribution in [0.2, 0.25) is 0 Å². The molecule has 1 aromatic heterocycles. The van der Waals surface area contributed by atoms with Gasteiger partial charge in [0.05, 0.1) is 24.6 Å². The normalized spacial score (nSPS) is 15.9. The molecule has 2 aromatic carbocycles. The van der Waals surface area contributed by atoms with Gasteiger partial charge in [0, 0.05) is 31.6 Å². The molecule has 0 bridgehead atoms. The van der Waals surface area contributed by atoms with Gasteiger partial charge in [-0.1, -0.05) is 30.3 Å². The van der Waals surface area contributed by atoms with Crippen LogP contribution in [0, 0.1) is 11.7 Å². The monoisotopic (exact) mass is 563 g/mol. The van der Waals surface area contributed by atoms with Gasteiger partial charge in [-0.2, -0.15) is 13.2 Å². The number of aromatic nitrogens is 1. The number of nitrogens with zero attached hydrogens (tertiary/aromatic N) is 3. The number of esters is 1. The first-order valence-electron chi connectivity index (χ1n) is 12.7. The molecule has 0 N–H and O–H groups in total. The van der Waals surface area contributed by atoms with Crippen LogP contribution in [0.5, 0.6) is 0 Å². The molecule has 0 radical (unpaired) electrons. The van der Waals surface area contributed by atoms with Gasteiger partial charge >= 0.3 is 12.1 Å². The first-order valence-corrected chi connectivity index (χ1v) is 13.5. The number of carbonyl (C=O) groups is 2. The molecule has 39 heavy (non-hydrogen) atoms. The molecule has 1 amide bonds. The Labute approximate surface area is 228 Å². The molecule has 1 aliphatic heterocycles. The number of halogens is 4. The predicted octanol–water partition coefficient (Wildman–Crippen LogP) is 5.92. The molecule has 1 saturated heterocycles. The molecular weight excluding hydrogens is 534 g/mol. The summed E-state index contributed by atoms with van der Waals surface area (Å²) < 4.78 is 58.3. The fourth-order valence-electron chi connectivity index (χ4n) is 4.57. The van der Waals surface area contributed by atoms with Crippen LogP contribution in [0.25, 0.3) is 0 Å². The van der Waals surface area contributed by atoms with Crippen molar-refractivity contribution in [2.75, 3.05) is 19.7 Å². The van der Waals surface area contributed by atoms with Crippen LogP contribution in [-0.4, -0.2) is 46.4 Å². The van der Waals surface area contributed by atoms with Crippen molar-refractivity contribution < 1.29 is 31.9 Å². The predicted molar refractivity (Wildman–Crippen MR) is 138 cm³/mol. The van der Waals surface area contributed by atoms with E-state index >= 15 is 0 Å². The highest BCUT2D eigenvalue weighted by Crippen LogP contribution is 2.30. The zero-order valence-electron chi connectivity index (χ0n) is 21.4. The van der Waals surface area contributed by atoms with Gasteiger partial charge in [-0.3, -0.25) is 14.5 Å². The van der Waals surface area contributed by atoms with E-state index in [1.165, 1.54) is 29.5 Å². The number of amides is 1. The van der Waals surface area contributed by atoms with Crippen LogP contribution in [0.15, 0.2) is 53.9 Å². The number of piperidine rings is 1. The first-order chi connectivity index (χ1) is 18.6. The molecule has 6 nitrogen and oxygen atoms in total. The standard InChI is InChI=1S/C28H29F4N3O3S/c1-2-38-27(37)21-6-4-12-35(16-21)26(36)24-18-39-25(33-24)17-34(14-19-8-10-23(29)11-9-19)15-20-5-3-7-22(13-20)28(30,31)32/h3,5,7-11,13,18,21H,2,4,6,12,14-17H2,1H3. The second-order valence-electron chi connectivity index (χ2n) is 9.44. The lowest BCUT2D eigenvalue weighted by Gasteiger charge is -2.31. The lowest BCUT2D eigenvalue weighted by Crippen LogP contribution is -2.43. The van der Waals surface area contributed by atoms with Crippen molar-refractivity contribution in [2.24, 2.45) is 5.92 Å². The van der Waals surface area contributed by atoms with E-state index in [-0.39, 0.29) is 55.5 Å². The Hall–Kier alpha value is -3.31. The summed E-state index contributed by atoms with van der Waals surface area (Å²) in [5.74, 6) is -1.32. The summed E-state index contributed by atoms with van der Waals surface area (Å²) >= 11 is 1.28. The van der Waals surface area contributed by atoms with E-state index in [1.807, 2.05) is 4.90 Å². The molecule has 0 aliphatic carbocycles. The maximum absolute atomic E-state index is 13.4. The molecule has 0 saturated carbocycles. The van der Waals surface area contributed by atoms with E-state index in [4.69, 9.17) is 4.74 Å². The van der Waals surface area contributed by atoms with Crippen LogP contribution in [-0.2, 0) is 35.3 Å². The summed E-state index contributed by atoms with van der Waals surface area (Å²) in [7, 11) is 0. The highest BCUT2D eigenvalue weighted by molar-refractivity contribution is 7.09. The van der Waals surface area contributed by atoms with Crippen molar-refractivity contribution in [3.05, 3.63) is 87.1 Å². The second kappa shape index (κ2) is 12.7. The van der Waals surface area contributed by atoms with Gasteiger partial charge in [-0.25, -0.2) is 9.37 Å². The molecule has 1 unspecified atom stereocenters. The number of alkyl halides is 3. The van der Waals surface area contributed by atoms with Gasteiger partial charge in [0.25, 0.3) is 5.91 Å². The third kappa shape index (κ3) is 7.86. The number of thiazole rings is 1. The Morgan fingerprint density at radius 1 is 1.10 bits per heavy atom. The molecular formula is C28H29F4N3O3S. The van der Waals surface area contributed by atoms with Crippen molar-refractivity contribution in [3.63, 3.8) is 0 Å². The highest BCUT2D eigenvalue weighted by Gasteiger charge is 2.32. The number of likely N-dealkylation sites (tertiary alicyclic amines) is 1. The Balaban J connectivity index is 1.49. The Morgan fingerprint density at radius 2 is 1.85 bits per heavy atom. The quantitative estimate of drug-likeness (QED) is 0.239. The molecule has 3 aromatic rings. The van der Waals surface area contributed by atoms with Crippen molar-refractivity contribution in [1.29, 1.82) is 0 Å². The highest BCUT2D eigenvalue weighted by atomic mass is 32.1. The van der Waals surface area contributed by atoms with Crippen molar-refractivity contribution in [1.82, 2.24) is 14.8 Å². The van der Waals surface area contributed by atoms with Gasteiger partial charge in [-0.05, 0) is 49.1 Å². The van der Waals surface area contributed by atoms with E-state index in [9.17, 15) is 27.2 Å². The Bertz CT molecular complexity index is 1280. The lowest BCUT2D eigenvalue weighted by atomic mass is 9.98. The fraction of sp³-hybridized carbons (Fsp3) is 0.393.